The minimum Gasteiger partial charge on any atom is -0.272 e. The van der Waals surface area contributed by atoms with Gasteiger partial charge < -0.3 is 0 Å². The SMILES string of the molecule is CSc1ccc(/C=N\NC(=O)CNS(=O)(=O)c2ccccc2)cc1. The molecule has 126 valence electrons. The number of hydrogen-bond donors (Lipinski definition) is 2. The minimum atomic E-state index is -3.71. The van der Waals surface area contributed by atoms with Gasteiger partial charge in [0.2, 0.25) is 10.0 Å². The lowest BCUT2D eigenvalue weighted by Crippen LogP contribution is -2.34. The van der Waals surface area contributed by atoms with E-state index in [1.807, 2.05) is 30.5 Å². The van der Waals surface area contributed by atoms with Crippen LogP contribution in [0.3, 0.4) is 0 Å². The molecule has 0 aliphatic rings. The molecule has 2 rings (SSSR count). The van der Waals surface area contributed by atoms with Crippen LogP contribution in [-0.4, -0.2) is 33.3 Å². The van der Waals surface area contributed by atoms with Crippen molar-refractivity contribution in [3.05, 3.63) is 60.2 Å². The van der Waals surface area contributed by atoms with Gasteiger partial charge in [-0.3, -0.25) is 4.79 Å². The third-order valence-corrected chi connectivity index (χ3v) is 5.16. The zero-order valence-electron chi connectivity index (χ0n) is 13.0. The molecule has 0 atom stereocenters. The van der Waals surface area contributed by atoms with E-state index >= 15 is 0 Å². The van der Waals surface area contributed by atoms with Crippen LogP contribution < -0.4 is 10.1 Å². The largest absolute Gasteiger partial charge is 0.272 e. The van der Waals surface area contributed by atoms with Crippen LogP contribution in [0.15, 0.2) is 69.5 Å². The lowest BCUT2D eigenvalue weighted by atomic mass is 10.2. The summed E-state index contributed by atoms with van der Waals surface area (Å²) in [4.78, 5) is 12.9. The van der Waals surface area contributed by atoms with Gasteiger partial charge in [0.1, 0.15) is 0 Å². The zero-order valence-corrected chi connectivity index (χ0v) is 14.6. The van der Waals surface area contributed by atoms with Crippen molar-refractivity contribution in [2.75, 3.05) is 12.8 Å². The first kappa shape index (κ1) is 18.2. The van der Waals surface area contributed by atoms with Gasteiger partial charge in [-0.2, -0.15) is 5.10 Å². The molecule has 0 spiro atoms. The number of hydrazone groups is 1. The molecule has 2 N–H and O–H groups in total. The fraction of sp³-hybridized carbons (Fsp3) is 0.125. The summed E-state index contributed by atoms with van der Waals surface area (Å²) in [7, 11) is -3.71. The Balaban J connectivity index is 1.84. The van der Waals surface area contributed by atoms with Gasteiger partial charge in [-0.1, -0.05) is 30.3 Å². The quantitative estimate of drug-likeness (QED) is 0.446. The number of thioether (sulfide) groups is 1. The van der Waals surface area contributed by atoms with E-state index < -0.39 is 15.9 Å². The topological polar surface area (TPSA) is 87.6 Å². The van der Waals surface area contributed by atoms with Gasteiger partial charge in [-0.05, 0) is 36.1 Å². The summed E-state index contributed by atoms with van der Waals surface area (Å²) in [5.41, 5.74) is 3.11. The van der Waals surface area contributed by atoms with Gasteiger partial charge in [-0.15, -0.1) is 11.8 Å². The van der Waals surface area contributed by atoms with E-state index in [1.54, 1.807) is 30.0 Å². The van der Waals surface area contributed by atoms with Gasteiger partial charge in [-0.25, -0.2) is 18.6 Å². The van der Waals surface area contributed by atoms with Crippen molar-refractivity contribution < 1.29 is 13.2 Å². The predicted octanol–water partition coefficient (Wildman–Crippen LogP) is 1.84. The Labute approximate surface area is 145 Å². The van der Waals surface area contributed by atoms with Crippen molar-refractivity contribution in [2.24, 2.45) is 5.10 Å². The van der Waals surface area contributed by atoms with Crippen LogP contribution in [0.1, 0.15) is 5.56 Å². The van der Waals surface area contributed by atoms with Crippen molar-refractivity contribution in [3.8, 4) is 0 Å². The van der Waals surface area contributed by atoms with Gasteiger partial charge in [0.25, 0.3) is 5.91 Å². The van der Waals surface area contributed by atoms with Crippen LogP contribution in [0, 0.1) is 0 Å². The predicted molar refractivity (Wildman–Crippen MR) is 95.6 cm³/mol. The summed E-state index contributed by atoms with van der Waals surface area (Å²) < 4.78 is 26.1. The number of nitrogens with zero attached hydrogens (tertiary/aromatic N) is 1. The monoisotopic (exact) mass is 363 g/mol. The van der Waals surface area contributed by atoms with Crippen molar-refractivity contribution in [2.45, 2.75) is 9.79 Å². The summed E-state index contributed by atoms with van der Waals surface area (Å²) >= 11 is 1.63. The number of carbonyl (C=O) groups is 1. The Morgan fingerprint density at radius 1 is 1.12 bits per heavy atom. The number of benzene rings is 2. The smallest absolute Gasteiger partial charge is 0.255 e. The zero-order chi connectivity index (χ0) is 17.4. The molecule has 0 radical (unpaired) electrons. The maximum atomic E-state index is 12.0. The van der Waals surface area contributed by atoms with E-state index in [0.29, 0.717) is 0 Å². The Bertz CT molecular complexity index is 804. The molecule has 0 bridgehead atoms. The molecule has 1 amide bonds. The van der Waals surface area contributed by atoms with Crippen molar-refractivity contribution in [3.63, 3.8) is 0 Å². The molecule has 0 heterocycles. The molecule has 2 aromatic rings. The maximum Gasteiger partial charge on any atom is 0.255 e. The van der Waals surface area contributed by atoms with Gasteiger partial charge in [0.05, 0.1) is 17.7 Å². The molecule has 6 nitrogen and oxygen atoms in total. The van der Waals surface area contributed by atoms with Crippen molar-refractivity contribution in [1.29, 1.82) is 0 Å². The Morgan fingerprint density at radius 2 is 1.79 bits per heavy atom. The van der Waals surface area contributed by atoms with Crippen LogP contribution in [0.25, 0.3) is 0 Å². The molecule has 0 aromatic heterocycles. The highest BCUT2D eigenvalue weighted by atomic mass is 32.2. The van der Waals surface area contributed by atoms with E-state index in [2.05, 4.69) is 15.2 Å². The van der Waals surface area contributed by atoms with Crippen LogP contribution in [0.5, 0.6) is 0 Å². The van der Waals surface area contributed by atoms with Gasteiger partial charge >= 0.3 is 0 Å². The number of hydrogen-bond acceptors (Lipinski definition) is 5. The van der Waals surface area contributed by atoms with Crippen molar-refractivity contribution >= 4 is 33.9 Å². The summed E-state index contributed by atoms with van der Waals surface area (Å²) in [6, 6.07) is 15.5. The molecule has 0 aliphatic carbocycles. The number of carbonyl (C=O) groups excluding carboxylic acids is 1. The summed E-state index contributed by atoms with van der Waals surface area (Å²) in [5.74, 6) is -0.550. The highest BCUT2D eigenvalue weighted by molar-refractivity contribution is 7.98. The summed E-state index contributed by atoms with van der Waals surface area (Å²) in [6.07, 6.45) is 3.48. The lowest BCUT2D eigenvalue weighted by molar-refractivity contribution is -0.119. The Hall–Kier alpha value is -2.16. The number of amides is 1. The molecular weight excluding hydrogens is 346 g/mol. The van der Waals surface area contributed by atoms with Gasteiger partial charge in [0, 0.05) is 4.90 Å². The number of rotatable bonds is 7. The first-order chi connectivity index (χ1) is 11.5. The Morgan fingerprint density at radius 3 is 2.42 bits per heavy atom. The lowest BCUT2D eigenvalue weighted by Gasteiger charge is -2.05. The standard InChI is InChI=1S/C16H17N3O3S2/c1-23-14-9-7-13(8-10-14)11-17-19-16(20)12-18-24(21,22)15-5-3-2-4-6-15/h2-11,18H,12H2,1H3,(H,19,20)/b17-11-. The molecule has 0 saturated carbocycles. The van der Waals surface area contributed by atoms with E-state index in [0.717, 1.165) is 10.5 Å². The van der Waals surface area contributed by atoms with Crippen LogP contribution >= 0.6 is 11.8 Å². The Kier molecular flexibility index (Phi) is 6.53. The normalized spacial score (nSPS) is 11.5. The average Bonchev–Trinajstić information content (AvgIpc) is 2.61. The number of sulfonamides is 1. The minimum absolute atomic E-state index is 0.107. The molecule has 2 aromatic carbocycles. The fourth-order valence-corrected chi connectivity index (χ4v) is 3.16. The van der Waals surface area contributed by atoms with E-state index in [9.17, 15) is 13.2 Å². The van der Waals surface area contributed by atoms with E-state index in [-0.39, 0.29) is 11.4 Å². The second-order valence-corrected chi connectivity index (χ2v) is 7.35. The molecular formula is C16H17N3O3S2. The molecule has 8 heteroatoms. The molecule has 0 aliphatic heterocycles. The molecule has 0 fully saturated rings. The number of nitrogens with one attached hydrogen (secondary N) is 2. The average molecular weight is 363 g/mol. The molecule has 0 saturated heterocycles. The van der Waals surface area contributed by atoms with Crippen LogP contribution in [0.2, 0.25) is 0 Å². The molecule has 0 unspecified atom stereocenters. The highest BCUT2D eigenvalue weighted by Crippen LogP contribution is 2.13. The maximum absolute atomic E-state index is 12.0. The summed E-state index contributed by atoms with van der Waals surface area (Å²) in [6.45, 7) is -0.389. The second kappa shape index (κ2) is 8.62. The van der Waals surface area contributed by atoms with Crippen LogP contribution in [-0.2, 0) is 14.8 Å². The second-order valence-electron chi connectivity index (χ2n) is 4.70. The fourth-order valence-electron chi connectivity index (χ4n) is 1.75. The highest BCUT2D eigenvalue weighted by Gasteiger charge is 2.14. The third kappa shape index (κ3) is 5.48. The van der Waals surface area contributed by atoms with E-state index in [4.69, 9.17) is 0 Å². The molecule has 24 heavy (non-hydrogen) atoms. The first-order valence-corrected chi connectivity index (χ1v) is 9.73. The summed E-state index contributed by atoms with van der Waals surface area (Å²) in [5, 5.41) is 3.80. The van der Waals surface area contributed by atoms with E-state index in [1.165, 1.54) is 18.3 Å². The van der Waals surface area contributed by atoms with Crippen molar-refractivity contribution in [1.82, 2.24) is 10.1 Å². The van der Waals surface area contributed by atoms with Crippen LogP contribution in [0.4, 0.5) is 0 Å². The first-order valence-electron chi connectivity index (χ1n) is 7.02. The van der Waals surface area contributed by atoms with Gasteiger partial charge in [0.15, 0.2) is 0 Å². The third-order valence-electron chi connectivity index (χ3n) is 2.99.